The van der Waals surface area contributed by atoms with Gasteiger partial charge in [-0.2, -0.15) is 12.6 Å². The summed E-state index contributed by atoms with van der Waals surface area (Å²) >= 11 is 5.39. The van der Waals surface area contributed by atoms with Gasteiger partial charge < -0.3 is 74.3 Å². The van der Waals surface area contributed by atoms with Gasteiger partial charge in [-0.25, -0.2) is 0 Å². The van der Waals surface area contributed by atoms with Gasteiger partial charge >= 0.3 is 0 Å². The maximum absolute atomic E-state index is 14.7. The predicted molar refractivity (Wildman–Crippen MR) is 292 cm³/mol. The number of benzene rings is 3. The van der Waals surface area contributed by atoms with E-state index in [4.69, 9.17) is 11.5 Å². The van der Waals surface area contributed by atoms with Gasteiger partial charge in [-0.3, -0.25) is 38.4 Å². The van der Waals surface area contributed by atoms with E-state index < -0.39 is 108 Å². The van der Waals surface area contributed by atoms with Crippen molar-refractivity contribution < 1.29 is 53.7 Å². The number of thioether (sulfide) groups is 1. The summed E-state index contributed by atoms with van der Waals surface area (Å²) < 4.78 is 0. The zero-order chi connectivity index (χ0) is 55.7. The lowest BCUT2D eigenvalue weighted by molar-refractivity contribution is -0.136. The van der Waals surface area contributed by atoms with Crippen LogP contribution in [0.1, 0.15) is 56.7 Å². The fourth-order valence-corrected chi connectivity index (χ4v) is 8.99. The van der Waals surface area contributed by atoms with E-state index in [0.717, 1.165) is 28.2 Å². The summed E-state index contributed by atoms with van der Waals surface area (Å²) in [4.78, 5) is 113. The van der Waals surface area contributed by atoms with E-state index in [-0.39, 0.29) is 55.5 Å². The number of aliphatic hydroxyl groups excluding tert-OH is 3. The van der Waals surface area contributed by atoms with Crippen LogP contribution in [0.15, 0.2) is 91.1 Å². The molecule has 4 rings (SSSR count). The highest BCUT2D eigenvalue weighted by molar-refractivity contribution is 7.99. The summed E-state index contributed by atoms with van der Waals surface area (Å²) in [6.07, 6.45) is -0.295. The molecule has 0 aliphatic heterocycles. The number of unbranched alkanes of at least 4 members (excludes halogenated alkanes) is 1. The standard InChI is InChI=1S/C52H73N11O11S2/c1-30(65)42(26-64)60-51(73)44(28-76-29-56-32(3)67)62-52(74)45(31(2)66)63-47(69)39(20-12-13-21-53)57-49(71)41(24-35-25-55-38-19-11-10-18-36(35)38)59-48(70)40(23-34-16-8-5-9-17-34)58-50(72)43(27-75)61-46(68)37(54)22-33-14-6-4-7-15-33/h4-11,14-19,25,30-31,37,39-45,55,64-66,75H,12-13,20-24,26-29,53-54H2,1-3H3,(H,56,67)(H,57,71)(H,58,72)(H,59,70)(H,60,73)(H,61,68)(H,62,74)(H,63,69)/t30-,31-,37-,39+,40+,41-,42-,43+,44+,45+/m1/s1. The van der Waals surface area contributed by atoms with Crippen molar-refractivity contribution in [2.75, 3.05) is 30.5 Å². The Labute approximate surface area is 451 Å². The summed E-state index contributed by atoms with van der Waals surface area (Å²) in [7, 11) is 0. The smallest absolute Gasteiger partial charge is 0.245 e. The van der Waals surface area contributed by atoms with Gasteiger partial charge in [0.15, 0.2) is 0 Å². The molecule has 4 aromatic rings. The quantitative estimate of drug-likeness (QED) is 0.0151. The van der Waals surface area contributed by atoms with Crippen LogP contribution in [-0.4, -0.2) is 159 Å². The van der Waals surface area contributed by atoms with Crippen molar-refractivity contribution in [3.05, 3.63) is 108 Å². The SMILES string of the molecule is CC(=O)NCSC[C@H](NC(=O)[C@@H](NC(=O)[C@H](CCCCN)NC(=O)[C@@H](Cc1c[nH]c2ccccc12)NC(=O)[C@H](Cc1ccccc1)NC(=O)[C@H](CS)NC(=O)[C@H](N)Cc1ccccc1)[C@@H](C)O)C(=O)N[C@H](CO)[C@@H](C)O. The summed E-state index contributed by atoms with van der Waals surface area (Å²) in [5, 5.41) is 52.4. The molecule has 0 bridgehead atoms. The number of aromatic nitrogens is 1. The molecule has 22 nitrogen and oxygen atoms in total. The Balaban J connectivity index is 1.62. The first-order valence-corrected chi connectivity index (χ1v) is 26.7. The Morgan fingerprint density at radius 1 is 0.618 bits per heavy atom. The minimum absolute atomic E-state index is 0.0120. The third-order valence-corrected chi connectivity index (χ3v) is 13.5. The van der Waals surface area contributed by atoms with Gasteiger partial charge in [0.1, 0.15) is 36.3 Å². The molecule has 0 aliphatic carbocycles. The first-order valence-electron chi connectivity index (χ1n) is 25.0. The monoisotopic (exact) mass is 1090 g/mol. The van der Waals surface area contributed by atoms with Gasteiger partial charge in [0.25, 0.3) is 0 Å². The van der Waals surface area contributed by atoms with E-state index in [2.05, 4.69) is 60.1 Å². The molecule has 16 N–H and O–H groups in total. The Bertz CT molecular complexity index is 2520. The Morgan fingerprint density at radius 2 is 1.14 bits per heavy atom. The number of hydrogen-bond donors (Lipinski definition) is 15. The molecule has 0 saturated carbocycles. The topological polar surface area (TPSA) is 361 Å². The van der Waals surface area contributed by atoms with Gasteiger partial charge in [-0.1, -0.05) is 78.9 Å². The number of nitrogens with two attached hydrogens (primary N) is 2. The number of carbonyl (C=O) groups excluding carboxylic acids is 8. The van der Waals surface area contributed by atoms with Crippen LogP contribution in [0.5, 0.6) is 0 Å². The third-order valence-electron chi connectivity index (χ3n) is 12.2. The average molecular weight is 1090 g/mol. The molecule has 0 aliphatic rings. The molecule has 76 heavy (non-hydrogen) atoms. The van der Waals surface area contributed by atoms with Crippen LogP contribution in [0.4, 0.5) is 0 Å². The van der Waals surface area contributed by atoms with Crippen molar-refractivity contribution in [1.29, 1.82) is 0 Å². The molecular weight excluding hydrogens is 1020 g/mol. The highest BCUT2D eigenvalue weighted by Gasteiger charge is 2.36. The van der Waals surface area contributed by atoms with E-state index in [1.165, 1.54) is 20.8 Å². The van der Waals surface area contributed by atoms with E-state index >= 15 is 0 Å². The Kier molecular flexibility index (Phi) is 26.2. The van der Waals surface area contributed by atoms with Crippen molar-refractivity contribution in [1.82, 2.24) is 47.5 Å². The number of fused-ring (bicyclic) bond motifs is 1. The van der Waals surface area contributed by atoms with E-state index in [1.807, 2.05) is 48.5 Å². The number of H-pyrrole nitrogens is 1. The lowest BCUT2D eigenvalue weighted by Crippen LogP contribution is -2.62. The molecule has 3 aromatic carbocycles. The lowest BCUT2D eigenvalue weighted by atomic mass is 10.0. The minimum Gasteiger partial charge on any atom is -0.394 e. The maximum Gasteiger partial charge on any atom is 0.245 e. The number of thiol groups is 1. The molecule has 0 fully saturated rings. The van der Waals surface area contributed by atoms with Crippen molar-refractivity contribution in [2.24, 2.45) is 11.5 Å². The first-order chi connectivity index (χ1) is 36.3. The van der Waals surface area contributed by atoms with Gasteiger partial charge in [0.05, 0.1) is 36.8 Å². The summed E-state index contributed by atoms with van der Waals surface area (Å²) in [5.74, 6) is -6.26. The number of aromatic amines is 1. The van der Waals surface area contributed by atoms with Crippen LogP contribution in [0.2, 0.25) is 0 Å². The second-order valence-corrected chi connectivity index (χ2v) is 19.7. The fraction of sp³-hybridized carbons (Fsp3) is 0.462. The van der Waals surface area contributed by atoms with Crippen molar-refractivity contribution in [2.45, 2.75) is 120 Å². The van der Waals surface area contributed by atoms with Crippen molar-refractivity contribution >= 4 is 82.6 Å². The molecule has 414 valence electrons. The van der Waals surface area contributed by atoms with E-state index in [9.17, 15) is 53.7 Å². The average Bonchev–Trinajstić information content (AvgIpc) is 3.81. The van der Waals surface area contributed by atoms with Crippen LogP contribution >= 0.6 is 24.4 Å². The van der Waals surface area contributed by atoms with Crippen molar-refractivity contribution in [3.63, 3.8) is 0 Å². The van der Waals surface area contributed by atoms with Gasteiger partial charge in [0, 0.05) is 48.4 Å². The summed E-state index contributed by atoms with van der Waals surface area (Å²) in [6, 6.07) is 14.7. The molecule has 8 amide bonds. The fourth-order valence-electron chi connectivity index (χ4n) is 7.84. The predicted octanol–water partition coefficient (Wildman–Crippen LogP) is -1.44. The number of carbonyl (C=O) groups is 8. The summed E-state index contributed by atoms with van der Waals surface area (Å²) in [5.41, 5.74) is 14.8. The molecule has 24 heteroatoms. The zero-order valence-electron chi connectivity index (χ0n) is 42.8. The molecule has 0 spiro atoms. The Morgan fingerprint density at radius 3 is 1.72 bits per heavy atom. The highest BCUT2D eigenvalue weighted by Crippen LogP contribution is 2.20. The zero-order valence-corrected chi connectivity index (χ0v) is 44.5. The lowest BCUT2D eigenvalue weighted by Gasteiger charge is -2.29. The second kappa shape index (κ2) is 32.1. The molecule has 0 unspecified atom stereocenters. The van der Waals surface area contributed by atoms with E-state index in [1.54, 1.807) is 42.6 Å². The molecule has 0 radical (unpaired) electrons. The third kappa shape index (κ3) is 20.2. The number of amides is 8. The molecule has 1 aromatic heterocycles. The van der Waals surface area contributed by atoms with Gasteiger partial charge in [0.2, 0.25) is 47.3 Å². The second-order valence-electron chi connectivity index (χ2n) is 18.3. The van der Waals surface area contributed by atoms with Crippen LogP contribution < -0.4 is 54.0 Å². The molecule has 10 atom stereocenters. The van der Waals surface area contributed by atoms with Crippen molar-refractivity contribution in [3.8, 4) is 0 Å². The maximum atomic E-state index is 14.7. The molecule has 0 saturated heterocycles. The molecular formula is C52H73N11O11S2. The van der Waals surface area contributed by atoms with Gasteiger partial charge in [-0.05, 0) is 68.8 Å². The number of hydrogen-bond acceptors (Lipinski definition) is 15. The minimum atomic E-state index is -1.70. The van der Waals surface area contributed by atoms with Crippen LogP contribution in [-0.2, 0) is 57.6 Å². The number of para-hydroxylation sites is 1. The first kappa shape index (κ1) is 62.0. The van der Waals surface area contributed by atoms with Crippen LogP contribution in [0.25, 0.3) is 10.9 Å². The Hall–Kier alpha value is -6.54. The normalized spacial score (nSPS) is 15.2. The van der Waals surface area contributed by atoms with E-state index in [0.29, 0.717) is 24.0 Å². The number of aliphatic hydroxyl groups is 3. The highest BCUT2D eigenvalue weighted by atomic mass is 32.2. The van der Waals surface area contributed by atoms with Gasteiger partial charge in [-0.15, -0.1) is 11.8 Å². The largest absolute Gasteiger partial charge is 0.394 e. The van der Waals surface area contributed by atoms with Crippen LogP contribution in [0, 0.1) is 0 Å². The number of rotatable bonds is 32. The molecule has 1 heterocycles. The summed E-state index contributed by atoms with van der Waals surface area (Å²) in [6.45, 7) is 3.48. The van der Waals surface area contributed by atoms with Crippen LogP contribution in [0.3, 0.4) is 0 Å². The number of nitrogens with one attached hydrogen (secondary N) is 9.